The van der Waals surface area contributed by atoms with Crippen LogP contribution in [-0.2, 0) is 17.6 Å². The maximum Gasteiger partial charge on any atom is 0.310 e. The van der Waals surface area contributed by atoms with Crippen LogP contribution in [0.15, 0.2) is 36.9 Å². The molecule has 0 saturated carbocycles. The van der Waals surface area contributed by atoms with Gasteiger partial charge in [-0.1, -0.05) is 37.3 Å². The highest BCUT2D eigenvalue weighted by Crippen LogP contribution is 2.15. The summed E-state index contributed by atoms with van der Waals surface area (Å²) in [6, 6.07) is 8.18. The summed E-state index contributed by atoms with van der Waals surface area (Å²) in [5.41, 5.74) is 2.55. The van der Waals surface area contributed by atoms with Crippen LogP contribution >= 0.6 is 0 Å². The number of hydrogen-bond acceptors (Lipinski definition) is 1. The van der Waals surface area contributed by atoms with Gasteiger partial charge in [0, 0.05) is 0 Å². The molecule has 0 aromatic heterocycles. The van der Waals surface area contributed by atoms with Crippen molar-refractivity contribution in [3.63, 3.8) is 0 Å². The number of carboxylic acids is 1. The molecule has 0 spiro atoms. The lowest BCUT2D eigenvalue weighted by molar-refractivity contribution is -0.140. The van der Waals surface area contributed by atoms with E-state index < -0.39 is 11.9 Å². The smallest absolute Gasteiger partial charge is 0.310 e. The third kappa shape index (κ3) is 3.23. The number of benzene rings is 1. The molecule has 1 unspecified atom stereocenters. The first-order valence-corrected chi connectivity index (χ1v) is 5.61. The summed E-state index contributed by atoms with van der Waals surface area (Å²) < 4.78 is 0. The van der Waals surface area contributed by atoms with Gasteiger partial charge in [-0.15, -0.1) is 6.58 Å². The molecule has 0 saturated heterocycles. The Kier molecular flexibility index (Phi) is 4.77. The molecule has 1 N–H and O–H groups in total. The van der Waals surface area contributed by atoms with Crippen LogP contribution in [0.2, 0.25) is 0 Å². The standard InChI is InChI=1S/C14H18O2/c1-3-11-7-5-6-8-13(11)10-9-12(4-2)14(15)16/h4-8,12H,2-3,9-10H2,1H3,(H,15,16). The van der Waals surface area contributed by atoms with Crippen LogP contribution in [0.4, 0.5) is 0 Å². The van der Waals surface area contributed by atoms with Gasteiger partial charge in [-0.25, -0.2) is 0 Å². The number of hydrogen-bond donors (Lipinski definition) is 1. The van der Waals surface area contributed by atoms with E-state index in [1.807, 2.05) is 12.1 Å². The lowest BCUT2D eigenvalue weighted by atomic mass is 9.96. The van der Waals surface area contributed by atoms with Crippen LogP contribution in [0, 0.1) is 5.92 Å². The molecule has 0 bridgehead atoms. The summed E-state index contributed by atoms with van der Waals surface area (Å²) in [6.07, 6.45) is 3.92. The first kappa shape index (κ1) is 12.5. The Labute approximate surface area is 96.6 Å². The van der Waals surface area contributed by atoms with E-state index in [1.54, 1.807) is 0 Å². The van der Waals surface area contributed by atoms with E-state index in [0.29, 0.717) is 6.42 Å². The van der Waals surface area contributed by atoms with Crippen molar-refractivity contribution in [2.75, 3.05) is 0 Å². The van der Waals surface area contributed by atoms with Gasteiger partial charge in [0.2, 0.25) is 0 Å². The highest BCUT2D eigenvalue weighted by Gasteiger charge is 2.13. The number of rotatable bonds is 6. The van der Waals surface area contributed by atoms with E-state index in [0.717, 1.165) is 12.8 Å². The second kappa shape index (κ2) is 6.11. The Morgan fingerprint density at radius 2 is 2.06 bits per heavy atom. The van der Waals surface area contributed by atoms with Gasteiger partial charge in [-0.3, -0.25) is 4.79 Å². The van der Waals surface area contributed by atoms with E-state index in [4.69, 9.17) is 5.11 Å². The zero-order valence-electron chi connectivity index (χ0n) is 9.65. The molecule has 0 fully saturated rings. The van der Waals surface area contributed by atoms with Crippen molar-refractivity contribution in [1.82, 2.24) is 0 Å². The van der Waals surface area contributed by atoms with Crippen LogP contribution in [0.5, 0.6) is 0 Å². The quantitative estimate of drug-likeness (QED) is 0.745. The summed E-state index contributed by atoms with van der Waals surface area (Å²) in [4.78, 5) is 10.8. The Morgan fingerprint density at radius 3 is 2.56 bits per heavy atom. The van der Waals surface area contributed by atoms with Gasteiger partial charge in [0.25, 0.3) is 0 Å². The molecule has 16 heavy (non-hydrogen) atoms. The average molecular weight is 218 g/mol. The lowest BCUT2D eigenvalue weighted by Crippen LogP contribution is -2.11. The predicted octanol–water partition coefficient (Wildman–Crippen LogP) is 3.07. The van der Waals surface area contributed by atoms with Crippen molar-refractivity contribution >= 4 is 5.97 Å². The maximum atomic E-state index is 10.8. The van der Waals surface area contributed by atoms with E-state index in [-0.39, 0.29) is 0 Å². The fourth-order valence-corrected chi connectivity index (χ4v) is 1.80. The predicted molar refractivity (Wildman–Crippen MR) is 65.5 cm³/mol. The van der Waals surface area contributed by atoms with Gasteiger partial charge < -0.3 is 5.11 Å². The molecule has 0 heterocycles. The second-order valence-corrected chi connectivity index (χ2v) is 3.84. The average Bonchev–Trinajstić information content (AvgIpc) is 2.30. The van der Waals surface area contributed by atoms with Gasteiger partial charge in [0.15, 0.2) is 0 Å². The molecule has 0 aliphatic rings. The fourth-order valence-electron chi connectivity index (χ4n) is 1.80. The summed E-state index contributed by atoms with van der Waals surface area (Å²) in [6.45, 7) is 5.67. The van der Waals surface area contributed by atoms with E-state index in [1.165, 1.54) is 17.2 Å². The fraction of sp³-hybridized carbons (Fsp3) is 0.357. The minimum absolute atomic E-state index is 0.440. The van der Waals surface area contributed by atoms with Crippen LogP contribution in [0.3, 0.4) is 0 Å². The molecule has 1 aromatic rings. The second-order valence-electron chi connectivity index (χ2n) is 3.84. The van der Waals surface area contributed by atoms with Gasteiger partial charge in [0.05, 0.1) is 5.92 Å². The number of carbonyl (C=O) groups is 1. The minimum atomic E-state index is -0.788. The Morgan fingerprint density at radius 1 is 1.44 bits per heavy atom. The molecule has 1 rings (SSSR count). The highest BCUT2D eigenvalue weighted by molar-refractivity contribution is 5.71. The van der Waals surface area contributed by atoms with Crippen molar-refractivity contribution < 1.29 is 9.90 Å². The molecule has 86 valence electrons. The van der Waals surface area contributed by atoms with Crippen LogP contribution in [-0.4, -0.2) is 11.1 Å². The lowest BCUT2D eigenvalue weighted by Gasteiger charge is -2.10. The van der Waals surface area contributed by atoms with Gasteiger partial charge in [0.1, 0.15) is 0 Å². The Balaban J connectivity index is 2.66. The first-order valence-electron chi connectivity index (χ1n) is 5.61. The number of carboxylic acid groups (broad SMARTS) is 1. The first-order chi connectivity index (χ1) is 7.69. The molecule has 1 atom stereocenters. The number of aryl methyl sites for hydroxylation is 2. The molecule has 2 heteroatoms. The van der Waals surface area contributed by atoms with Crippen molar-refractivity contribution in [3.05, 3.63) is 48.0 Å². The summed E-state index contributed by atoms with van der Waals surface area (Å²) >= 11 is 0. The van der Waals surface area contributed by atoms with E-state index >= 15 is 0 Å². The normalized spacial score (nSPS) is 12.1. The van der Waals surface area contributed by atoms with Crippen molar-refractivity contribution in [2.45, 2.75) is 26.2 Å². The highest BCUT2D eigenvalue weighted by atomic mass is 16.4. The maximum absolute atomic E-state index is 10.8. The number of aliphatic carboxylic acids is 1. The largest absolute Gasteiger partial charge is 0.481 e. The van der Waals surface area contributed by atoms with Gasteiger partial charge in [-0.2, -0.15) is 0 Å². The van der Waals surface area contributed by atoms with Crippen molar-refractivity contribution in [3.8, 4) is 0 Å². The minimum Gasteiger partial charge on any atom is -0.481 e. The molecule has 2 nitrogen and oxygen atoms in total. The SMILES string of the molecule is C=CC(CCc1ccccc1CC)C(=O)O. The molecular weight excluding hydrogens is 200 g/mol. The van der Waals surface area contributed by atoms with Crippen molar-refractivity contribution in [2.24, 2.45) is 5.92 Å². The monoisotopic (exact) mass is 218 g/mol. The Hall–Kier alpha value is -1.57. The summed E-state index contributed by atoms with van der Waals surface area (Å²) in [5.74, 6) is -1.23. The van der Waals surface area contributed by atoms with Gasteiger partial charge >= 0.3 is 5.97 Å². The molecule has 1 aromatic carbocycles. The Bertz CT molecular complexity index is 369. The topological polar surface area (TPSA) is 37.3 Å². The van der Waals surface area contributed by atoms with Crippen LogP contribution in [0.25, 0.3) is 0 Å². The van der Waals surface area contributed by atoms with Crippen molar-refractivity contribution in [1.29, 1.82) is 0 Å². The van der Waals surface area contributed by atoms with Crippen LogP contribution < -0.4 is 0 Å². The summed E-state index contributed by atoms with van der Waals surface area (Å²) in [5, 5.41) is 8.91. The third-order valence-corrected chi connectivity index (χ3v) is 2.83. The summed E-state index contributed by atoms with van der Waals surface area (Å²) in [7, 11) is 0. The van der Waals surface area contributed by atoms with Crippen LogP contribution in [0.1, 0.15) is 24.5 Å². The van der Waals surface area contributed by atoms with Gasteiger partial charge in [-0.05, 0) is 30.4 Å². The van der Waals surface area contributed by atoms with E-state index in [9.17, 15) is 4.79 Å². The third-order valence-electron chi connectivity index (χ3n) is 2.83. The molecule has 0 radical (unpaired) electrons. The molecule has 0 amide bonds. The zero-order valence-corrected chi connectivity index (χ0v) is 9.65. The molecule has 0 aliphatic heterocycles. The zero-order chi connectivity index (χ0) is 12.0. The van der Waals surface area contributed by atoms with E-state index in [2.05, 4.69) is 25.6 Å². The molecular formula is C14H18O2. The molecule has 0 aliphatic carbocycles.